The molecule has 5 nitrogen and oxygen atoms in total. The van der Waals surface area contributed by atoms with E-state index in [1.807, 2.05) is 35.1 Å². The summed E-state index contributed by atoms with van der Waals surface area (Å²) < 4.78 is 13.0. The average Bonchev–Trinajstić information content (AvgIpc) is 3.05. The first-order valence-electron chi connectivity index (χ1n) is 7.45. The zero-order valence-corrected chi connectivity index (χ0v) is 13.0. The lowest BCUT2D eigenvalue weighted by atomic mass is 10.1. The van der Waals surface area contributed by atoms with Gasteiger partial charge in [0, 0.05) is 36.6 Å². The number of nitrogens with one attached hydrogen (secondary N) is 1. The van der Waals surface area contributed by atoms with Crippen LogP contribution in [0.1, 0.15) is 12.5 Å². The van der Waals surface area contributed by atoms with Gasteiger partial charge in [-0.15, -0.1) is 0 Å². The predicted octanol–water partition coefficient (Wildman–Crippen LogP) is 2.35. The SMILES string of the molecule is COc1ccc2c(c1)OCC(CNC(C)Cn1cccn1)=C2. The second-order valence-electron chi connectivity index (χ2n) is 5.51. The van der Waals surface area contributed by atoms with Gasteiger partial charge in [-0.05, 0) is 36.8 Å². The third kappa shape index (κ3) is 3.49. The van der Waals surface area contributed by atoms with Crippen LogP contribution in [0.4, 0.5) is 0 Å². The summed E-state index contributed by atoms with van der Waals surface area (Å²) in [5.41, 5.74) is 2.34. The molecular weight excluding hydrogens is 278 g/mol. The molecule has 1 unspecified atom stereocenters. The van der Waals surface area contributed by atoms with Crippen LogP contribution in [-0.2, 0) is 6.54 Å². The molecule has 1 aromatic carbocycles. The van der Waals surface area contributed by atoms with Crippen LogP contribution in [-0.4, -0.2) is 36.1 Å². The van der Waals surface area contributed by atoms with Crippen LogP contribution in [0.5, 0.6) is 11.5 Å². The van der Waals surface area contributed by atoms with Gasteiger partial charge in [-0.3, -0.25) is 4.68 Å². The maximum atomic E-state index is 5.81. The van der Waals surface area contributed by atoms with Crippen molar-refractivity contribution in [2.75, 3.05) is 20.3 Å². The zero-order valence-electron chi connectivity index (χ0n) is 13.0. The van der Waals surface area contributed by atoms with Gasteiger partial charge in [-0.2, -0.15) is 5.10 Å². The van der Waals surface area contributed by atoms with Crippen LogP contribution < -0.4 is 14.8 Å². The minimum absolute atomic E-state index is 0.345. The summed E-state index contributed by atoms with van der Waals surface area (Å²) in [5.74, 6) is 1.70. The Morgan fingerprint density at radius 2 is 2.36 bits per heavy atom. The van der Waals surface area contributed by atoms with Crippen molar-refractivity contribution in [1.82, 2.24) is 15.1 Å². The number of rotatable bonds is 6. The molecular formula is C17H21N3O2. The first-order valence-corrected chi connectivity index (χ1v) is 7.45. The molecule has 0 saturated carbocycles. The summed E-state index contributed by atoms with van der Waals surface area (Å²) in [5, 5.41) is 7.73. The van der Waals surface area contributed by atoms with Gasteiger partial charge in [0.1, 0.15) is 18.1 Å². The number of methoxy groups -OCH3 is 1. The van der Waals surface area contributed by atoms with E-state index in [9.17, 15) is 0 Å². The standard InChI is InChI=1S/C17H21N3O2/c1-13(11-20-7-3-6-19-20)18-10-14-8-15-4-5-16(21-2)9-17(15)22-12-14/h3-9,13,18H,10-12H2,1-2H3. The largest absolute Gasteiger partial charge is 0.497 e. The molecule has 1 aliphatic rings. The molecule has 1 aliphatic heterocycles. The summed E-state index contributed by atoms with van der Waals surface area (Å²) >= 11 is 0. The van der Waals surface area contributed by atoms with Crippen molar-refractivity contribution in [3.05, 3.63) is 47.8 Å². The Morgan fingerprint density at radius 1 is 1.45 bits per heavy atom. The van der Waals surface area contributed by atoms with Crippen LogP contribution in [0.25, 0.3) is 6.08 Å². The number of ether oxygens (including phenoxy) is 2. The van der Waals surface area contributed by atoms with E-state index in [1.54, 1.807) is 13.3 Å². The van der Waals surface area contributed by atoms with Crippen molar-refractivity contribution in [2.24, 2.45) is 0 Å². The number of hydrogen-bond donors (Lipinski definition) is 1. The van der Waals surface area contributed by atoms with E-state index in [0.717, 1.165) is 30.2 Å². The van der Waals surface area contributed by atoms with Gasteiger partial charge in [-0.25, -0.2) is 0 Å². The zero-order chi connectivity index (χ0) is 15.4. The van der Waals surface area contributed by atoms with E-state index in [4.69, 9.17) is 9.47 Å². The molecule has 3 rings (SSSR count). The fraction of sp³-hybridized carbons (Fsp3) is 0.353. The van der Waals surface area contributed by atoms with Crippen LogP contribution in [0, 0.1) is 0 Å². The van der Waals surface area contributed by atoms with Gasteiger partial charge in [0.25, 0.3) is 0 Å². The maximum absolute atomic E-state index is 5.81. The Balaban J connectivity index is 1.57. The van der Waals surface area contributed by atoms with Crippen LogP contribution >= 0.6 is 0 Å². The van der Waals surface area contributed by atoms with Crippen molar-refractivity contribution in [3.8, 4) is 11.5 Å². The minimum Gasteiger partial charge on any atom is -0.497 e. The van der Waals surface area contributed by atoms with Gasteiger partial charge >= 0.3 is 0 Å². The molecule has 5 heteroatoms. The van der Waals surface area contributed by atoms with Gasteiger partial charge in [0.05, 0.1) is 13.7 Å². The number of aromatic nitrogens is 2. The highest BCUT2D eigenvalue weighted by atomic mass is 16.5. The molecule has 1 aromatic heterocycles. The molecule has 0 bridgehead atoms. The highest BCUT2D eigenvalue weighted by molar-refractivity contribution is 5.63. The molecule has 116 valence electrons. The van der Waals surface area contributed by atoms with Crippen LogP contribution in [0.2, 0.25) is 0 Å². The molecule has 0 amide bonds. The van der Waals surface area contributed by atoms with Gasteiger partial charge in [-0.1, -0.05) is 0 Å². The smallest absolute Gasteiger partial charge is 0.130 e. The minimum atomic E-state index is 0.345. The van der Waals surface area contributed by atoms with Crippen molar-refractivity contribution in [3.63, 3.8) is 0 Å². The maximum Gasteiger partial charge on any atom is 0.130 e. The second-order valence-corrected chi connectivity index (χ2v) is 5.51. The lowest BCUT2D eigenvalue weighted by Crippen LogP contribution is -2.33. The normalized spacial score (nSPS) is 14.7. The topological polar surface area (TPSA) is 48.3 Å². The highest BCUT2D eigenvalue weighted by Gasteiger charge is 2.13. The van der Waals surface area contributed by atoms with E-state index < -0.39 is 0 Å². The molecule has 1 N–H and O–H groups in total. The monoisotopic (exact) mass is 299 g/mol. The lowest BCUT2D eigenvalue weighted by Gasteiger charge is -2.21. The molecule has 2 heterocycles. The third-order valence-electron chi connectivity index (χ3n) is 3.69. The Labute approximate surface area is 130 Å². The average molecular weight is 299 g/mol. The van der Waals surface area contributed by atoms with E-state index in [0.29, 0.717) is 12.6 Å². The number of nitrogens with zero attached hydrogens (tertiary/aromatic N) is 2. The van der Waals surface area contributed by atoms with Gasteiger partial charge < -0.3 is 14.8 Å². The molecule has 22 heavy (non-hydrogen) atoms. The first kappa shape index (κ1) is 14.7. The van der Waals surface area contributed by atoms with E-state index in [2.05, 4.69) is 23.4 Å². The van der Waals surface area contributed by atoms with E-state index in [-0.39, 0.29) is 0 Å². The van der Waals surface area contributed by atoms with Crippen molar-refractivity contribution in [1.29, 1.82) is 0 Å². The van der Waals surface area contributed by atoms with Crippen molar-refractivity contribution in [2.45, 2.75) is 19.5 Å². The molecule has 0 spiro atoms. The van der Waals surface area contributed by atoms with E-state index >= 15 is 0 Å². The third-order valence-corrected chi connectivity index (χ3v) is 3.69. The fourth-order valence-corrected chi connectivity index (χ4v) is 2.48. The molecule has 0 radical (unpaired) electrons. The van der Waals surface area contributed by atoms with Gasteiger partial charge in [0.15, 0.2) is 0 Å². The Hall–Kier alpha value is -2.27. The number of benzene rings is 1. The lowest BCUT2D eigenvalue weighted by molar-refractivity contribution is 0.335. The summed E-state index contributed by atoms with van der Waals surface area (Å²) in [6.45, 7) is 4.44. The first-order chi connectivity index (χ1) is 10.7. The van der Waals surface area contributed by atoms with Crippen LogP contribution in [0.15, 0.2) is 42.2 Å². The molecule has 1 atom stereocenters. The predicted molar refractivity (Wildman–Crippen MR) is 86.2 cm³/mol. The number of hydrogen-bond acceptors (Lipinski definition) is 4. The summed E-state index contributed by atoms with van der Waals surface area (Å²) in [4.78, 5) is 0. The highest BCUT2D eigenvalue weighted by Crippen LogP contribution is 2.30. The summed E-state index contributed by atoms with van der Waals surface area (Å²) in [6.07, 6.45) is 5.96. The van der Waals surface area contributed by atoms with E-state index in [1.165, 1.54) is 5.57 Å². The van der Waals surface area contributed by atoms with Crippen LogP contribution in [0.3, 0.4) is 0 Å². The van der Waals surface area contributed by atoms with Crippen molar-refractivity contribution < 1.29 is 9.47 Å². The molecule has 0 fully saturated rings. The molecule has 0 saturated heterocycles. The Bertz CT molecular complexity index is 650. The fourth-order valence-electron chi connectivity index (χ4n) is 2.48. The Morgan fingerprint density at radius 3 is 3.14 bits per heavy atom. The summed E-state index contributed by atoms with van der Waals surface area (Å²) in [6, 6.07) is 8.19. The Kier molecular flexibility index (Phi) is 4.44. The molecule has 2 aromatic rings. The van der Waals surface area contributed by atoms with Gasteiger partial charge in [0.2, 0.25) is 0 Å². The second kappa shape index (κ2) is 6.66. The summed E-state index contributed by atoms with van der Waals surface area (Å²) in [7, 11) is 1.66. The molecule has 0 aliphatic carbocycles. The van der Waals surface area contributed by atoms with Crippen molar-refractivity contribution >= 4 is 6.08 Å². The quantitative estimate of drug-likeness (QED) is 0.889. The number of fused-ring (bicyclic) bond motifs is 1.